The van der Waals surface area contributed by atoms with E-state index < -0.39 is 0 Å². The molecule has 0 aliphatic carbocycles. The van der Waals surface area contributed by atoms with Crippen LogP contribution in [0.25, 0.3) is 0 Å². The first-order chi connectivity index (χ1) is 16.4. The lowest BCUT2D eigenvalue weighted by Gasteiger charge is -2.37. The highest BCUT2D eigenvalue weighted by Crippen LogP contribution is 2.36. The lowest BCUT2D eigenvalue weighted by Crippen LogP contribution is -2.49. The molecule has 0 spiro atoms. The minimum Gasteiger partial charge on any atom is -0.496 e. The van der Waals surface area contributed by atoms with Crippen molar-refractivity contribution in [1.82, 2.24) is 4.90 Å². The van der Waals surface area contributed by atoms with E-state index in [0.29, 0.717) is 48.3 Å². The predicted molar refractivity (Wildman–Crippen MR) is 132 cm³/mol. The molecule has 3 aromatic rings. The molecule has 4 rings (SSSR count). The summed E-state index contributed by atoms with van der Waals surface area (Å²) in [6, 6.07) is 13.6. The van der Waals surface area contributed by atoms with Crippen LogP contribution in [0.1, 0.15) is 33.0 Å². The zero-order valence-corrected chi connectivity index (χ0v) is 20.5. The number of amides is 1. The molecule has 1 aromatic heterocycles. The van der Waals surface area contributed by atoms with Gasteiger partial charge in [-0.25, -0.2) is 0 Å². The van der Waals surface area contributed by atoms with Crippen molar-refractivity contribution < 1.29 is 23.4 Å². The van der Waals surface area contributed by atoms with Crippen molar-refractivity contribution in [3.8, 4) is 17.2 Å². The van der Waals surface area contributed by atoms with Crippen LogP contribution in [0.3, 0.4) is 0 Å². The van der Waals surface area contributed by atoms with Crippen LogP contribution in [0.4, 0.5) is 5.69 Å². The van der Waals surface area contributed by atoms with Crippen molar-refractivity contribution in [3.63, 3.8) is 0 Å². The predicted octanol–water partition coefficient (Wildman–Crippen LogP) is 4.48. The molecule has 1 aliphatic heterocycles. The molecule has 0 saturated carbocycles. The molecule has 0 unspecified atom stereocenters. The first-order valence-electron chi connectivity index (χ1n) is 11.4. The van der Waals surface area contributed by atoms with E-state index in [0.717, 1.165) is 18.7 Å². The Kier molecular flexibility index (Phi) is 7.01. The van der Waals surface area contributed by atoms with E-state index in [4.69, 9.17) is 18.6 Å². The number of carbonyl (C=O) groups is 1. The Morgan fingerprint density at radius 2 is 1.50 bits per heavy atom. The number of ether oxygens (including phenoxy) is 3. The molecule has 2 heterocycles. The van der Waals surface area contributed by atoms with Crippen molar-refractivity contribution >= 4 is 11.6 Å². The average Bonchev–Trinajstić information content (AvgIpc) is 3.32. The number of hydrogen-bond donors (Lipinski definition) is 0. The largest absolute Gasteiger partial charge is 0.496 e. The molecule has 2 aromatic carbocycles. The lowest BCUT2D eigenvalue weighted by atomic mass is 10.1. The third kappa shape index (κ3) is 4.69. The van der Waals surface area contributed by atoms with Gasteiger partial charge in [-0.2, -0.15) is 0 Å². The minimum absolute atomic E-state index is 0.0823. The summed E-state index contributed by atoms with van der Waals surface area (Å²) in [6.07, 6.45) is 0.434. The second kappa shape index (κ2) is 10.1. The number of hydrogen-bond acceptors (Lipinski definition) is 6. The van der Waals surface area contributed by atoms with Crippen LogP contribution in [0, 0.1) is 13.8 Å². The number of benzene rings is 2. The Bertz CT molecular complexity index is 1120. The number of aryl methyl sites for hydroxylation is 2. The van der Waals surface area contributed by atoms with E-state index in [9.17, 15) is 4.79 Å². The van der Waals surface area contributed by atoms with Gasteiger partial charge in [0.25, 0.3) is 5.91 Å². The number of rotatable bonds is 7. The lowest BCUT2D eigenvalue weighted by molar-refractivity contribution is 0.0713. The molecule has 0 N–H and O–H groups in total. The summed E-state index contributed by atoms with van der Waals surface area (Å²) in [5, 5.41) is 0. The summed E-state index contributed by atoms with van der Waals surface area (Å²) >= 11 is 0. The summed E-state index contributed by atoms with van der Waals surface area (Å²) in [7, 11) is 4.81. The second-order valence-corrected chi connectivity index (χ2v) is 8.47. The molecule has 0 bridgehead atoms. The third-order valence-corrected chi connectivity index (χ3v) is 6.36. The molecule has 1 fully saturated rings. The van der Waals surface area contributed by atoms with Gasteiger partial charge in [-0.1, -0.05) is 18.2 Å². The van der Waals surface area contributed by atoms with Crippen LogP contribution in [-0.2, 0) is 6.42 Å². The first-order valence-corrected chi connectivity index (χ1v) is 11.4. The van der Waals surface area contributed by atoms with E-state index in [1.165, 1.54) is 16.8 Å². The summed E-state index contributed by atoms with van der Waals surface area (Å²) in [6.45, 7) is 7.18. The number of anilines is 1. The Morgan fingerprint density at radius 3 is 2.06 bits per heavy atom. The topological polar surface area (TPSA) is 64.4 Å². The van der Waals surface area contributed by atoms with Crippen molar-refractivity contribution in [3.05, 3.63) is 70.7 Å². The molecule has 0 radical (unpaired) electrons. The minimum atomic E-state index is -0.0823. The van der Waals surface area contributed by atoms with Gasteiger partial charge in [0.1, 0.15) is 23.0 Å². The molecule has 34 heavy (non-hydrogen) atoms. The van der Waals surface area contributed by atoms with Gasteiger partial charge in [0.05, 0.1) is 21.3 Å². The second-order valence-electron chi connectivity index (χ2n) is 8.47. The zero-order chi connectivity index (χ0) is 24.2. The Hall–Kier alpha value is -3.61. The first kappa shape index (κ1) is 23.5. The number of methoxy groups -OCH3 is 3. The van der Waals surface area contributed by atoms with Crippen LogP contribution in [0.2, 0.25) is 0 Å². The van der Waals surface area contributed by atoms with Crippen molar-refractivity contribution in [2.24, 2.45) is 0 Å². The highest BCUT2D eigenvalue weighted by molar-refractivity contribution is 5.91. The fourth-order valence-electron chi connectivity index (χ4n) is 4.61. The Labute approximate surface area is 200 Å². The van der Waals surface area contributed by atoms with Crippen LogP contribution in [0.5, 0.6) is 17.2 Å². The van der Waals surface area contributed by atoms with Gasteiger partial charge in [-0.3, -0.25) is 4.79 Å². The quantitative estimate of drug-likeness (QED) is 0.514. The van der Waals surface area contributed by atoms with Gasteiger partial charge >= 0.3 is 0 Å². The normalized spacial score (nSPS) is 13.7. The van der Waals surface area contributed by atoms with Crippen molar-refractivity contribution in [2.45, 2.75) is 20.3 Å². The molecular weight excluding hydrogens is 432 g/mol. The number of furan rings is 1. The zero-order valence-electron chi connectivity index (χ0n) is 20.5. The maximum absolute atomic E-state index is 13.1. The van der Waals surface area contributed by atoms with Gasteiger partial charge in [-0.15, -0.1) is 0 Å². The monoisotopic (exact) mass is 464 g/mol. The molecule has 0 atom stereocenters. The summed E-state index contributed by atoms with van der Waals surface area (Å²) in [5.41, 5.74) is 4.64. The molecule has 7 heteroatoms. The highest BCUT2D eigenvalue weighted by Gasteiger charge is 2.26. The van der Waals surface area contributed by atoms with Gasteiger partial charge < -0.3 is 28.4 Å². The van der Waals surface area contributed by atoms with Crippen molar-refractivity contribution in [1.29, 1.82) is 0 Å². The van der Waals surface area contributed by atoms with Crippen molar-refractivity contribution in [2.75, 3.05) is 52.4 Å². The number of carbonyl (C=O) groups excluding carboxylic acids is 1. The molecule has 1 saturated heterocycles. The van der Waals surface area contributed by atoms with Gasteiger partial charge in [-0.05, 0) is 37.1 Å². The molecule has 1 amide bonds. The van der Waals surface area contributed by atoms with E-state index in [1.54, 1.807) is 27.4 Å². The van der Waals surface area contributed by atoms with Gasteiger partial charge in [0.2, 0.25) is 0 Å². The fourth-order valence-corrected chi connectivity index (χ4v) is 4.61. The van der Waals surface area contributed by atoms with Crippen LogP contribution >= 0.6 is 0 Å². The average molecular weight is 465 g/mol. The Balaban J connectivity index is 1.45. The summed E-state index contributed by atoms with van der Waals surface area (Å²) in [4.78, 5) is 17.3. The van der Waals surface area contributed by atoms with Crippen LogP contribution in [0.15, 0.2) is 46.9 Å². The molecule has 180 valence electrons. The third-order valence-electron chi connectivity index (χ3n) is 6.36. The van der Waals surface area contributed by atoms with Crippen LogP contribution in [-0.4, -0.2) is 58.3 Å². The number of nitrogens with zero attached hydrogens (tertiary/aromatic N) is 2. The Morgan fingerprint density at radius 1 is 0.882 bits per heavy atom. The van der Waals surface area contributed by atoms with E-state index in [-0.39, 0.29) is 5.91 Å². The maximum Gasteiger partial charge on any atom is 0.289 e. The van der Waals surface area contributed by atoms with E-state index in [1.807, 2.05) is 23.1 Å². The molecular formula is C27H32N2O5. The standard InChI is InChI=1S/C27H32N2O5/c1-18-7-6-8-19(2)26(18)28-11-13-29(14-12-28)27(30)23-10-9-20(34-23)15-22-24(32-4)16-21(31-3)17-25(22)33-5/h6-10,16-17H,11-15H2,1-5H3. The SMILES string of the molecule is COc1cc(OC)c(Cc2ccc(C(=O)N3CCN(c4c(C)cccc4C)CC3)o2)c(OC)c1. The van der Waals surface area contributed by atoms with Gasteiger partial charge in [0, 0.05) is 56.0 Å². The maximum atomic E-state index is 13.1. The summed E-state index contributed by atoms with van der Waals surface area (Å²) < 4.78 is 22.3. The number of para-hydroxylation sites is 1. The molecule has 1 aliphatic rings. The fraction of sp³-hybridized carbons (Fsp3) is 0.370. The number of piperazine rings is 1. The summed E-state index contributed by atoms with van der Waals surface area (Å²) in [5.74, 6) is 2.86. The highest BCUT2D eigenvalue weighted by atomic mass is 16.5. The smallest absolute Gasteiger partial charge is 0.289 e. The molecule has 7 nitrogen and oxygen atoms in total. The van der Waals surface area contributed by atoms with E-state index in [2.05, 4.69) is 36.9 Å². The van der Waals surface area contributed by atoms with Gasteiger partial charge in [0.15, 0.2) is 5.76 Å². The van der Waals surface area contributed by atoms with Crippen LogP contribution < -0.4 is 19.1 Å². The van der Waals surface area contributed by atoms with E-state index >= 15 is 0 Å².